The molecule has 0 spiro atoms. The lowest BCUT2D eigenvalue weighted by molar-refractivity contribution is -0.510. The molecule has 0 aliphatic rings. The van der Waals surface area contributed by atoms with E-state index in [1.54, 1.807) is 0 Å². The van der Waals surface area contributed by atoms with E-state index in [0.29, 0.717) is 6.61 Å². The smallest absolute Gasteiger partial charge is 0.0761 e. The average Bonchev–Trinajstić information content (AvgIpc) is 2.58. The van der Waals surface area contributed by atoms with Crippen molar-refractivity contribution in [1.29, 1.82) is 0 Å². The molecule has 0 radical (unpaired) electrons. The van der Waals surface area contributed by atoms with Gasteiger partial charge in [-0.25, -0.2) is 0 Å². The zero-order valence-electron chi connectivity index (χ0n) is 16.4. The van der Waals surface area contributed by atoms with Gasteiger partial charge in [0.15, 0.2) is 0 Å². The van der Waals surface area contributed by atoms with Gasteiger partial charge in [-0.2, -0.15) is 0 Å². The van der Waals surface area contributed by atoms with Crippen molar-refractivity contribution in [3.8, 4) is 0 Å². The Kier molecular flexibility index (Phi) is 25.8. The van der Waals surface area contributed by atoms with E-state index < -0.39 is 0 Å². The molecule has 0 atom stereocenters. The van der Waals surface area contributed by atoms with E-state index in [-0.39, 0.29) is 17.0 Å². The summed E-state index contributed by atoms with van der Waals surface area (Å²) in [6.45, 7) is 2.93. The second-order valence-corrected chi connectivity index (χ2v) is 6.37. The maximum absolute atomic E-state index is 5.24. The molecule has 5 heteroatoms. The molecule has 148 valence electrons. The highest BCUT2D eigenvalue weighted by molar-refractivity contribution is 8.93. The minimum Gasteiger partial charge on any atom is -0.254 e. The molecule has 4 nitrogen and oxygen atoms in total. The monoisotopic (exact) mass is 411 g/mol. The van der Waals surface area contributed by atoms with E-state index in [0.717, 1.165) is 11.8 Å². The Hall–Kier alpha value is 0.320. The largest absolute Gasteiger partial charge is 0.254 e. The molecule has 0 heterocycles. The van der Waals surface area contributed by atoms with Crippen LogP contribution in [-0.2, 0) is 14.5 Å². The van der Waals surface area contributed by atoms with E-state index in [9.17, 15) is 0 Å². The molecule has 0 amide bonds. The fraction of sp³-hybridized carbons (Fsp3) is 1.00. The van der Waals surface area contributed by atoms with Gasteiger partial charge in [0.2, 0.25) is 0 Å². The molecule has 24 heavy (non-hydrogen) atoms. The van der Waals surface area contributed by atoms with Crippen molar-refractivity contribution < 1.29 is 14.5 Å². The highest BCUT2D eigenvalue weighted by Gasteiger charge is 2.00. The summed E-state index contributed by atoms with van der Waals surface area (Å²) in [6.07, 6.45) is 20.6. The SMILES string of the molecule is Br.CCCCCCCCCCCCCCCCCON(OC)OC. The molecule has 0 aromatic rings. The van der Waals surface area contributed by atoms with Gasteiger partial charge in [0, 0.05) is 0 Å². The van der Waals surface area contributed by atoms with Gasteiger partial charge in [-0.15, -0.1) is 17.0 Å². The lowest BCUT2D eigenvalue weighted by atomic mass is 10.0. The summed E-state index contributed by atoms with van der Waals surface area (Å²) in [5, 5.41) is 1.05. The van der Waals surface area contributed by atoms with Crippen LogP contribution in [0.5, 0.6) is 0 Å². The van der Waals surface area contributed by atoms with Crippen molar-refractivity contribution in [3.63, 3.8) is 0 Å². The maximum atomic E-state index is 5.24. The Morgan fingerprint density at radius 3 is 1.21 bits per heavy atom. The van der Waals surface area contributed by atoms with Crippen LogP contribution >= 0.6 is 17.0 Å². The minimum absolute atomic E-state index is 0. The molecule has 0 fully saturated rings. The van der Waals surface area contributed by atoms with Crippen molar-refractivity contribution >= 4 is 17.0 Å². The van der Waals surface area contributed by atoms with Crippen LogP contribution in [0.25, 0.3) is 0 Å². The Bertz CT molecular complexity index is 217. The number of unbranched alkanes of at least 4 members (excludes halogenated alkanes) is 14. The normalized spacial score (nSPS) is 11.0. The van der Waals surface area contributed by atoms with Crippen LogP contribution < -0.4 is 0 Å². The maximum Gasteiger partial charge on any atom is 0.0761 e. The minimum atomic E-state index is 0. The van der Waals surface area contributed by atoms with Crippen molar-refractivity contribution in [2.45, 2.75) is 103 Å². The van der Waals surface area contributed by atoms with Gasteiger partial charge < -0.3 is 0 Å². The second-order valence-electron chi connectivity index (χ2n) is 6.37. The zero-order valence-corrected chi connectivity index (χ0v) is 18.1. The molecule has 0 aliphatic carbocycles. The quantitative estimate of drug-likeness (QED) is 0.173. The van der Waals surface area contributed by atoms with Gasteiger partial charge >= 0.3 is 0 Å². The first-order valence-corrected chi connectivity index (χ1v) is 9.86. The molecule has 0 saturated heterocycles. The first-order valence-electron chi connectivity index (χ1n) is 9.86. The molecule has 0 bridgehead atoms. The predicted octanol–water partition coefficient (Wildman–Crippen LogP) is 6.79. The number of hydrogen-bond acceptors (Lipinski definition) is 4. The third-order valence-corrected chi connectivity index (χ3v) is 4.24. The highest BCUT2D eigenvalue weighted by atomic mass is 79.9. The van der Waals surface area contributed by atoms with Gasteiger partial charge in [0.25, 0.3) is 0 Å². The Labute approximate surface area is 161 Å². The second kappa shape index (κ2) is 23.3. The van der Waals surface area contributed by atoms with Crippen molar-refractivity contribution in [2.24, 2.45) is 0 Å². The Morgan fingerprint density at radius 1 is 0.542 bits per heavy atom. The predicted molar refractivity (Wildman–Crippen MR) is 107 cm³/mol. The number of nitrogens with zero attached hydrogens (tertiary/aromatic N) is 1. The van der Waals surface area contributed by atoms with Crippen LogP contribution in [0.3, 0.4) is 0 Å². The van der Waals surface area contributed by atoms with Crippen LogP contribution in [0, 0.1) is 0 Å². The van der Waals surface area contributed by atoms with Crippen LogP contribution in [0.4, 0.5) is 0 Å². The molecular weight excluding hydrogens is 370 g/mol. The number of hydrogen-bond donors (Lipinski definition) is 0. The summed E-state index contributed by atoms with van der Waals surface area (Å²) >= 11 is 0. The zero-order chi connectivity index (χ0) is 17.0. The highest BCUT2D eigenvalue weighted by Crippen LogP contribution is 2.13. The summed E-state index contributed by atoms with van der Waals surface area (Å²) < 4.78 is 0. The van der Waals surface area contributed by atoms with E-state index in [4.69, 9.17) is 14.5 Å². The van der Waals surface area contributed by atoms with Crippen LogP contribution in [0.1, 0.15) is 103 Å². The molecule has 0 saturated carbocycles. The van der Waals surface area contributed by atoms with E-state index in [1.807, 2.05) is 0 Å². The molecule has 0 aliphatic heterocycles. The summed E-state index contributed by atoms with van der Waals surface area (Å²) in [6, 6.07) is 0. The van der Waals surface area contributed by atoms with Crippen molar-refractivity contribution in [3.05, 3.63) is 0 Å². The third kappa shape index (κ3) is 20.4. The molecule has 0 rings (SSSR count). The molecule has 0 aromatic carbocycles. The first-order chi connectivity index (χ1) is 11.3. The van der Waals surface area contributed by atoms with E-state index in [2.05, 4.69) is 6.92 Å². The molecule has 0 N–H and O–H groups in total. The summed E-state index contributed by atoms with van der Waals surface area (Å²) in [5.41, 5.74) is 0. The Balaban J connectivity index is 0. The Morgan fingerprint density at radius 2 is 0.875 bits per heavy atom. The lowest BCUT2D eigenvalue weighted by Crippen LogP contribution is -2.21. The lowest BCUT2D eigenvalue weighted by Gasteiger charge is -2.14. The fourth-order valence-corrected chi connectivity index (χ4v) is 2.79. The molecule has 0 aromatic heterocycles. The van der Waals surface area contributed by atoms with Gasteiger partial charge in [-0.05, 0) is 6.42 Å². The standard InChI is InChI=1S/C19H41NO3.BrH/c1-4-5-6-7-8-9-10-11-12-13-14-15-16-17-18-19-23-20(21-2)22-3;/h4-19H2,1-3H3;1H. The first kappa shape index (κ1) is 26.5. The van der Waals surface area contributed by atoms with Crippen molar-refractivity contribution in [2.75, 3.05) is 20.8 Å². The van der Waals surface area contributed by atoms with Crippen LogP contribution in [-0.4, -0.2) is 26.2 Å². The number of halogens is 1. The van der Waals surface area contributed by atoms with Crippen LogP contribution in [0.15, 0.2) is 0 Å². The molecule has 0 unspecified atom stereocenters. The average molecular weight is 412 g/mol. The van der Waals surface area contributed by atoms with Crippen molar-refractivity contribution in [1.82, 2.24) is 5.39 Å². The van der Waals surface area contributed by atoms with Gasteiger partial charge in [-0.1, -0.05) is 96.8 Å². The molecular formula is C19H42BrNO3. The van der Waals surface area contributed by atoms with Gasteiger partial charge in [-0.3, -0.25) is 14.5 Å². The van der Waals surface area contributed by atoms with E-state index >= 15 is 0 Å². The van der Waals surface area contributed by atoms with Crippen LogP contribution in [0.2, 0.25) is 0 Å². The topological polar surface area (TPSA) is 30.9 Å². The van der Waals surface area contributed by atoms with Gasteiger partial charge in [0.1, 0.15) is 0 Å². The van der Waals surface area contributed by atoms with E-state index in [1.165, 1.54) is 104 Å². The summed E-state index contributed by atoms with van der Waals surface area (Å²) in [7, 11) is 3.05. The summed E-state index contributed by atoms with van der Waals surface area (Å²) in [4.78, 5) is 14.9. The summed E-state index contributed by atoms with van der Waals surface area (Å²) in [5.74, 6) is 0. The third-order valence-electron chi connectivity index (χ3n) is 4.24. The fourth-order valence-electron chi connectivity index (χ4n) is 2.79. The van der Waals surface area contributed by atoms with Gasteiger partial charge in [0.05, 0.1) is 26.2 Å². The number of rotatable bonds is 19.